The number of nitriles is 1. The van der Waals surface area contributed by atoms with Crippen LogP contribution in [0.25, 0.3) is 10.9 Å². The number of benzene rings is 2. The molecule has 3 aromatic rings. The molecule has 0 N–H and O–H groups in total. The quantitative estimate of drug-likeness (QED) is 0.709. The number of nitrogens with zero attached hydrogens (tertiary/aromatic N) is 3. The van der Waals surface area contributed by atoms with Crippen LogP contribution >= 0.6 is 11.6 Å². The minimum atomic E-state index is 0.369. The highest BCUT2D eigenvalue weighted by Crippen LogP contribution is 2.32. The molecule has 1 aromatic heterocycles. The van der Waals surface area contributed by atoms with Crippen LogP contribution in [-0.2, 0) is 0 Å². The SMILES string of the molecule is Cc1ccc2ncnc(Oc3ccc(C#N)cc3Cl)c2c1. The summed E-state index contributed by atoms with van der Waals surface area (Å²) in [6.07, 6.45) is 1.45. The summed E-state index contributed by atoms with van der Waals surface area (Å²) in [4.78, 5) is 8.38. The highest BCUT2D eigenvalue weighted by molar-refractivity contribution is 6.32. The molecule has 102 valence electrons. The third kappa shape index (κ3) is 2.64. The molecular weight excluding hydrogens is 286 g/mol. The number of hydrogen-bond acceptors (Lipinski definition) is 4. The van der Waals surface area contributed by atoms with Gasteiger partial charge in [-0.25, -0.2) is 9.97 Å². The lowest BCUT2D eigenvalue weighted by atomic mass is 10.1. The van der Waals surface area contributed by atoms with E-state index in [1.54, 1.807) is 18.2 Å². The van der Waals surface area contributed by atoms with Gasteiger partial charge in [-0.15, -0.1) is 0 Å². The van der Waals surface area contributed by atoms with Crippen molar-refractivity contribution in [3.05, 3.63) is 58.9 Å². The third-order valence-corrected chi connectivity index (χ3v) is 3.32. The first kappa shape index (κ1) is 13.3. The van der Waals surface area contributed by atoms with Gasteiger partial charge in [0, 0.05) is 0 Å². The lowest BCUT2D eigenvalue weighted by Crippen LogP contribution is -1.92. The Morgan fingerprint density at radius 3 is 2.76 bits per heavy atom. The summed E-state index contributed by atoms with van der Waals surface area (Å²) in [5.41, 5.74) is 2.37. The van der Waals surface area contributed by atoms with Gasteiger partial charge in [-0.05, 0) is 37.3 Å². The Balaban J connectivity index is 2.06. The standard InChI is InChI=1S/C16H10ClN3O/c1-10-2-4-14-12(6-10)16(20-9-19-14)21-15-5-3-11(8-18)7-13(15)17/h2-7,9H,1H3. The number of hydrogen-bond donors (Lipinski definition) is 0. The molecule has 3 rings (SSSR count). The monoisotopic (exact) mass is 295 g/mol. The summed E-state index contributed by atoms with van der Waals surface area (Å²) < 4.78 is 5.78. The van der Waals surface area contributed by atoms with E-state index in [0.717, 1.165) is 16.5 Å². The largest absolute Gasteiger partial charge is 0.437 e. The molecule has 4 nitrogen and oxygen atoms in total. The van der Waals surface area contributed by atoms with E-state index in [1.807, 2.05) is 31.2 Å². The second-order valence-corrected chi connectivity index (χ2v) is 4.97. The molecule has 0 atom stereocenters. The van der Waals surface area contributed by atoms with Gasteiger partial charge in [0.15, 0.2) is 0 Å². The van der Waals surface area contributed by atoms with E-state index < -0.39 is 0 Å². The first-order valence-corrected chi connectivity index (χ1v) is 6.64. The molecule has 0 amide bonds. The van der Waals surface area contributed by atoms with Crippen molar-refractivity contribution in [1.82, 2.24) is 9.97 Å². The molecule has 0 saturated carbocycles. The van der Waals surface area contributed by atoms with Crippen molar-refractivity contribution >= 4 is 22.5 Å². The molecule has 0 spiro atoms. The van der Waals surface area contributed by atoms with Crippen molar-refractivity contribution in [2.45, 2.75) is 6.92 Å². The second-order valence-electron chi connectivity index (χ2n) is 4.56. The van der Waals surface area contributed by atoms with Crippen LogP contribution in [0.4, 0.5) is 0 Å². The highest BCUT2D eigenvalue weighted by atomic mass is 35.5. The van der Waals surface area contributed by atoms with E-state index in [4.69, 9.17) is 21.6 Å². The van der Waals surface area contributed by atoms with Gasteiger partial charge >= 0.3 is 0 Å². The maximum absolute atomic E-state index is 8.84. The number of rotatable bonds is 2. The number of aryl methyl sites for hydroxylation is 1. The van der Waals surface area contributed by atoms with Gasteiger partial charge in [0.2, 0.25) is 5.88 Å². The first-order chi connectivity index (χ1) is 10.2. The average Bonchev–Trinajstić information content (AvgIpc) is 2.49. The number of fused-ring (bicyclic) bond motifs is 1. The lowest BCUT2D eigenvalue weighted by molar-refractivity contribution is 0.468. The molecule has 0 fully saturated rings. The Bertz CT molecular complexity index is 871. The predicted molar refractivity (Wildman–Crippen MR) is 80.5 cm³/mol. The van der Waals surface area contributed by atoms with Crippen LogP contribution in [-0.4, -0.2) is 9.97 Å². The Kier molecular flexibility index (Phi) is 3.43. The molecule has 0 unspecified atom stereocenters. The zero-order valence-corrected chi connectivity index (χ0v) is 11.9. The van der Waals surface area contributed by atoms with E-state index in [0.29, 0.717) is 22.2 Å². The van der Waals surface area contributed by atoms with Crippen molar-refractivity contribution < 1.29 is 4.74 Å². The summed E-state index contributed by atoms with van der Waals surface area (Å²) in [5, 5.41) is 10.0. The summed E-state index contributed by atoms with van der Waals surface area (Å²) in [6.45, 7) is 1.99. The van der Waals surface area contributed by atoms with Crippen LogP contribution < -0.4 is 4.74 Å². The zero-order valence-electron chi connectivity index (χ0n) is 11.2. The van der Waals surface area contributed by atoms with Gasteiger partial charge in [0.1, 0.15) is 12.1 Å². The van der Waals surface area contributed by atoms with Crippen LogP contribution in [0.15, 0.2) is 42.7 Å². The summed E-state index contributed by atoms with van der Waals surface area (Å²) >= 11 is 6.12. The van der Waals surface area contributed by atoms with Crippen LogP contribution in [0.2, 0.25) is 5.02 Å². The molecule has 5 heteroatoms. The van der Waals surface area contributed by atoms with Crippen molar-refractivity contribution in [3.63, 3.8) is 0 Å². The van der Waals surface area contributed by atoms with E-state index in [2.05, 4.69) is 9.97 Å². The van der Waals surface area contributed by atoms with Crippen LogP contribution in [0.1, 0.15) is 11.1 Å². The molecule has 2 aromatic carbocycles. The maximum atomic E-state index is 8.84. The Hall–Kier alpha value is -2.64. The van der Waals surface area contributed by atoms with Crippen molar-refractivity contribution in [2.24, 2.45) is 0 Å². The smallest absolute Gasteiger partial charge is 0.230 e. The fourth-order valence-electron chi connectivity index (χ4n) is 1.99. The summed E-state index contributed by atoms with van der Waals surface area (Å²) in [5.74, 6) is 0.896. The normalized spacial score (nSPS) is 10.3. The minimum absolute atomic E-state index is 0.369. The Labute approximate surface area is 126 Å². The number of ether oxygens (including phenoxy) is 1. The Morgan fingerprint density at radius 1 is 1.14 bits per heavy atom. The maximum Gasteiger partial charge on any atom is 0.230 e. The van der Waals surface area contributed by atoms with Crippen LogP contribution in [0, 0.1) is 18.3 Å². The molecule has 0 saturated heterocycles. The molecule has 0 aliphatic rings. The fraction of sp³-hybridized carbons (Fsp3) is 0.0625. The van der Waals surface area contributed by atoms with Gasteiger partial charge in [-0.2, -0.15) is 5.26 Å². The topological polar surface area (TPSA) is 58.8 Å². The molecule has 1 heterocycles. The molecule has 0 aliphatic carbocycles. The van der Waals surface area contributed by atoms with Crippen LogP contribution in [0.5, 0.6) is 11.6 Å². The Morgan fingerprint density at radius 2 is 2.00 bits per heavy atom. The number of aromatic nitrogens is 2. The van der Waals surface area contributed by atoms with E-state index in [1.165, 1.54) is 6.33 Å². The number of halogens is 1. The van der Waals surface area contributed by atoms with Crippen molar-refractivity contribution in [1.29, 1.82) is 5.26 Å². The molecule has 21 heavy (non-hydrogen) atoms. The average molecular weight is 296 g/mol. The fourth-order valence-corrected chi connectivity index (χ4v) is 2.20. The first-order valence-electron chi connectivity index (χ1n) is 6.26. The van der Waals surface area contributed by atoms with E-state index >= 15 is 0 Å². The molecular formula is C16H10ClN3O. The van der Waals surface area contributed by atoms with E-state index in [9.17, 15) is 0 Å². The van der Waals surface area contributed by atoms with Crippen LogP contribution in [0.3, 0.4) is 0 Å². The lowest BCUT2D eigenvalue weighted by Gasteiger charge is -2.09. The summed E-state index contributed by atoms with van der Waals surface area (Å²) in [6, 6.07) is 12.8. The molecule has 0 bridgehead atoms. The van der Waals surface area contributed by atoms with Gasteiger partial charge in [-0.3, -0.25) is 0 Å². The molecule has 0 radical (unpaired) electrons. The zero-order chi connectivity index (χ0) is 14.8. The summed E-state index contributed by atoms with van der Waals surface area (Å²) in [7, 11) is 0. The van der Waals surface area contributed by atoms with Crippen molar-refractivity contribution in [3.8, 4) is 17.7 Å². The molecule has 0 aliphatic heterocycles. The highest BCUT2D eigenvalue weighted by Gasteiger charge is 2.09. The second kappa shape index (κ2) is 5.39. The van der Waals surface area contributed by atoms with Gasteiger partial charge in [0.05, 0.1) is 27.6 Å². The minimum Gasteiger partial charge on any atom is -0.437 e. The van der Waals surface area contributed by atoms with Gasteiger partial charge < -0.3 is 4.74 Å². The predicted octanol–water partition coefficient (Wildman–Crippen LogP) is 4.26. The van der Waals surface area contributed by atoms with Gasteiger partial charge in [-0.1, -0.05) is 23.2 Å². The van der Waals surface area contributed by atoms with E-state index in [-0.39, 0.29) is 0 Å². The van der Waals surface area contributed by atoms with Crippen molar-refractivity contribution in [2.75, 3.05) is 0 Å². The third-order valence-electron chi connectivity index (χ3n) is 3.02. The van der Waals surface area contributed by atoms with Gasteiger partial charge in [0.25, 0.3) is 0 Å².